The number of nitrogens with one attached hydrogen (secondary N) is 3. The van der Waals surface area contributed by atoms with Crippen molar-refractivity contribution in [3.63, 3.8) is 0 Å². The molecule has 0 aromatic heterocycles. The van der Waals surface area contributed by atoms with Crippen molar-refractivity contribution in [2.24, 2.45) is 0 Å². The first-order valence-corrected chi connectivity index (χ1v) is 18.6. The number of aliphatic hydroxyl groups excluding tert-OH is 2. The molecular weight excluding hydrogens is 700 g/mol. The minimum absolute atomic E-state index is 0. The highest BCUT2D eigenvalue weighted by Crippen LogP contribution is 2.34. The Kier molecular flexibility index (Phi) is 16.7. The average molecular weight is 759 g/mol. The molecule has 6 atom stereocenters. The Morgan fingerprint density at radius 2 is 1.18 bits per heavy atom. The summed E-state index contributed by atoms with van der Waals surface area (Å²) in [5, 5.41) is 28.4. The topological polar surface area (TPSA) is 174 Å². The van der Waals surface area contributed by atoms with E-state index in [1.165, 1.54) is 32.6 Å². The Morgan fingerprint density at radius 1 is 0.709 bits per heavy atom. The highest BCUT2D eigenvalue weighted by molar-refractivity contribution is 5.95. The first-order chi connectivity index (χ1) is 25.8. The second-order valence-corrected chi connectivity index (χ2v) is 14.4. The number of likely N-dealkylation sites (tertiary alicyclic amines) is 1. The molecule has 0 radical (unpaired) electrons. The van der Waals surface area contributed by atoms with E-state index in [1.807, 2.05) is 91.0 Å². The molecule has 0 aliphatic carbocycles. The Hall–Kier alpha value is -4.91. The first kappa shape index (κ1) is 44.5. The Labute approximate surface area is 325 Å². The normalized spacial score (nSPS) is 21.0. The summed E-state index contributed by atoms with van der Waals surface area (Å²) in [6, 6.07) is 26.7. The molecule has 3 amide bonds. The van der Waals surface area contributed by atoms with Crippen LogP contribution in [-0.4, -0.2) is 93.0 Å². The number of hydrogen-bond donors (Lipinski definition) is 5. The van der Waals surface area contributed by atoms with E-state index in [1.54, 1.807) is 0 Å². The Balaban J connectivity index is 0.000000310. The average Bonchev–Trinajstić information content (AvgIpc) is 3.81. The van der Waals surface area contributed by atoms with E-state index in [0.717, 1.165) is 36.1 Å². The number of ketones is 2. The van der Waals surface area contributed by atoms with Gasteiger partial charge in [0.15, 0.2) is 11.6 Å². The van der Waals surface area contributed by atoms with Gasteiger partial charge in [0.2, 0.25) is 11.8 Å². The third kappa shape index (κ3) is 11.8. The summed E-state index contributed by atoms with van der Waals surface area (Å²) < 4.78 is 5.55. The molecule has 0 bridgehead atoms. The number of ether oxygens (including phenoxy) is 1. The molecule has 0 spiro atoms. The van der Waals surface area contributed by atoms with Gasteiger partial charge < -0.3 is 30.9 Å². The monoisotopic (exact) mass is 758 g/mol. The highest BCUT2D eigenvalue weighted by atomic mass is 16.6. The van der Waals surface area contributed by atoms with Crippen molar-refractivity contribution in [1.82, 2.24) is 20.9 Å². The number of carbonyl (C=O) groups is 5. The molecule has 0 unspecified atom stereocenters. The minimum atomic E-state index is -1.21. The molecule has 5 N–H and O–H groups in total. The van der Waals surface area contributed by atoms with Crippen LogP contribution < -0.4 is 16.0 Å². The molecule has 0 saturated carbocycles. The molecule has 2 heterocycles. The van der Waals surface area contributed by atoms with Crippen LogP contribution in [0, 0.1) is 0 Å². The lowest BCUT2D eigenvalue weighted by molar-refractivity contribution is -0.136. The fourth-order valence-electron chi connectivity index (χ4n) is 7.23. The van der Waals surface area contributed by atoms with Crippen molar-refractivity contribution < 1.29 is 38.9 Å². The van der Waals surface area contributed by atoms with Crippen molar-refractivity contribution in [3.05, 3.63) is 108 Å². The van der Waals surface area contributed by atoms with Crippen molar-refractivity contribution in [1.29, 1.82) is 0 Å². The number of hydrogen-bond acceptors (Lipinski definition) is 9. The second kappa shape index (κ2) is 20.7. The summed E-state index contributed by atoms with van der Waals surface area (Å²) in [4.78, 5) is 64.5. The number of amides is 3. The van der Waals surface area contributed by atoms with Gasteiger partial charge in [-0.05, 0) is 83.0 Å². The van der Waals surface area contributed by atoms with Crippen molar-refractivity contribution in [3.8, 4) is 0 Å². The second-order valence-electron chi connectivity index (χ2n) is 14.4. The lowest BCUT2D eigenvalue weighted by atomic mass is 9.86. The summed E-state index contributed by atoms with van der Waals surface area (Å²) in [7, 11) is 0. The number of carbonyl (C=O) groups excluding carboxylic acids is 5. The van der Waals surface area contributed by atoms with Crippen LogP contribution in [0.3, 0.4) is 0 Å². The zero-order valence-electron chi connectivity index (χ0n) is 31.6. The summed E-state index contributed by atoms with van der Waals surface area (Å²) in [5.74, 6) is -1.26. The maximum atomic E-state index is 13.6. The van der Waals surface area contributed by atoms with Gasteiger partial charge in [0, 0.05) is 13.0 Å². The molecular formula is C43H58N4O8. The van der Waals surface area contributed by atoms with Crippen LogP contribution >= 0.6 is 0 Å². The summed E-state index contributed by atoms with van der Waals surface area (Å²) in [5.41, 5.74) is 0.899. The molecule has 12 heteroatoms. The molecule has 2 aliphatic heterocycles. The van der Waals surface area contributed by atoms with Crippen LogP contribution in [0.2, 0.25) is 0 Å². The van der Waals surface area contributed by atoms with Gasteiger partial charge in [-0.25, -0.2) is 4.79 Å². The summed E-state index contributed by atoms with van der Waals surface area (Å²) in [6.07, 6.45) is 1.01. The fraction of sp³-hybridized carbons (Fsp3) is 0.465. The summed E-state index contributed by atoms with van der Waals surface area (Å²) >= 11 is 0. The van der Waals surface area contributed by atoms with E-state index in [-0.39, 0.29) is 37.9 Å². The van der Waals surface area contributed by atoms with E-state index in [9.17, 15) is 34.2 Å². The Morgan fingerprint density at radius 3 is 1.64 bits per heavy atom. The third-order valence-electron chi connectivity index (χ3n) is 10.1. The van der Waals surface area contributed by atoms with Crippen LogP contribution in [0.4, 0.5) is 4.79 Å². The standard InChI is InChI=1S/C25H30N2O5.C17H24N2O3.CH4/c1-18(28)22(19(2)29)26-23(30)25(16-20-10-5-3-6-11-20)14-9-15-27(25)24(31)32-17-21-12-7-4-8-13-21;1-12(20)15(13(2)21)19-16(22)17(9-6-10-18-17)11-14-7-4-3-5-8-14;/h3-8,10-13,18,22,28H,9,14-17H2,1-2H3,(H,26,30);3-5,7-8,12,15,18,20H,6,9-11H2,1-2H3,(H,19,22);1H4/t18-,22+,25+;12-,15+,17+;/m11./s1. The molecule has 12 nitrogen and oxygen atoms in total. The number of benzene rings is 3. The molecule has 2 aliphatic rings. The zero-order chi connectivity index (χ0) is 39.3. The number of nitrogens with zero attached hydrogens (tertiary/aromatic N) is 1. The smallest absolute Gasteiger partial charge is 0.411 e. The predicted octanol–water partition coefficient (Wildman–Crippen LogP) is 4.30. The maximum Gasteiger partial charge on any atom is 0.411 e. The van der Waals surface area contributed by atoms with Gasteiger partial charge >= 0.3 is 6.09 Å². The quantitative estimate of drug-likeness (QED) is 0.161. The van der Waals surface area contributed by atoms with Crippen LogP contribution in [0.1, 0.15) is 77.5 Å². The van der Waals surface area contributed by atoms with Crippen LogP contribution in [0.25, 0.3) is 0 Å². The van der Waals surface area contributed by atoms with Gasteiger partial charge in [-0.15, -0.1) is 0 Å². The molecule has 55 heavy (non-hydrogen) atoms. The first-order valence-electron chi connectivity index (χ1n) is 18.6. The van der Waals surface area contributed by atoms with E-state index < -0.39 is 47.4 Å². The van der Waals surface area contributed by atoms with Crippen LogP contribution in [0.5, 0.6) is 0 Å². The van der Waals surface area contributed by atoms with Crippen LogP contribution in [0.15, 0.2) is 91.0 Å². The predicted molar refractivity (Wildman–Crippen MR) is 211 cm³/mol. The maximum absolute atomic E-state index is 13.6. The van der Waals surface area contributed by atoms with Crippen molar-refractivity contribution >= 4 is 29.5 Å². The number of rotatable bonds is 14. The fourth-order valence-corrected chi connectivity index (χ4v) is 7.23. The van der Waals surface area contributed by atoms with Gasteiger partial charge in [0.1, 0.15) is 29.8 Å². The third-order valence-corrected chi connectivity index (χ3v) is 10.1. The molecule has 2 fully saturated rings. The minimum Gasteiger partial charge on any atom is -0.445 e. The largest absolute Gasteiger partial charge is 0.445 e. The molecule has 5 rings (SSSR count). The number of aliphatic hydroxyl groups is 2. The van der Waals surface area contributed by atoms with Gasteiger partial charge in [-0.2, -0.15) is 0 Å². The van der Waals surface area contributed by atoms with Gasteiger partial charge in [-0.3, -0.25) is 24.1 Å². The molecule has 298 valence electrons. The van der Waals surface area contributed by atoms with Crippen molar-refractivity contribution in [2.45, 2.75) is 116 Å². The van der Waals surface area contributed by atoms with Crippen molar-refractivity contribution in [2.75, 3.05) is 13.1 Å². The molecule has 3 aromatic rings. The summed E-state index contributed by atoms with van der Waals surface area (Å²) in [6.45, 7) is 6.91. The molecule has 3 aromatic carbocycles. The van der Waals surface area contributed by atoms with E-state index in [2.05, 4.69) is 16.0 Å². The SMILES string of the molecule is C.CC(=O)[C@@H](NC(=O)[C@@]1(Cc2ccccc2)CCCN1)[C@@H](C)O.CC(=O)[C@@H](NC(=O)[C@@]1(Cc2ccccc2)CCCN1C(=O)OCc1ccccc1)[C@@H](C)O. The van der Waals surface area contributed by atoms with E-state index >= 15 is 0 Å². The van der Waals surface area contributed by atoms with E-state index in [0.29, 0.717) is 25.8 Å². The Bertz CT molecular complexity index is 1700. The van der Waals surface area contributed by atoms with Gasteiger partial charge in [-0.1, -0.05) is 98.4 Å². The lowest BCUT2D eigenvalue weighted by Gasteiger charge is -2.38. The highest BCUT2D eigenvalue weighted by Gasteiger charge is 2.51. The van der Waals surface area contributed by atoms with Gasteiger partial charge in [0.05, 0.1) is 12.2 Å². The molecule has 2 saturated heterocycles. The van der Waals surface area contributed by atoms with E-state index in [4.69, 9.17) is 4.74 Å². The lowest BCUT2D eigenvalue weighted by Crippen LogP contribution is -2.62. The zero-order valence-corrected chi connectivity index (χ0v) is 31.6. The number of Topliss-reactive ketones (excluding diaryl/α,β-unsaturated/α-hetero) is 2. The van der Waals surface area contributed by atoms with Gasteiger partial charge in [0.25, 0.3) is 0 Å². The van der Waals surface area contributed by atoms with Crippen LogP contribution in [-0.2, 0) is 43.4 Å².